The molecule has 5 heteroatoms. The second kappa shape index (κ2) is 10.5. The predicted octanol–water partition coefficient (Wildman–Crippen LogP) is 2.68. The van der Waals surface area contributed by atoms with E-state index in [9.17, 15) is 0 Å². The molecule has 136 valence electrons. The highest BCUT2D eigenvalue weighted by Gasteiger charge is 2.18. The summed E-state index contributed by atoms with van der Waals surface area (Å²) >= 11 is 0. The molecule has 5 nitrogen and oxygen atoms in total. The first-order chi connectivity index (χ1) is 11.8. The van der Waals surface area contributed by atoms with Crippen molar-refractivity contribution in [3.63, 3.8) is 0 Å². The van der Waals surface area contributed by atoms with Gasteiger partial charge in [-0.25, -0.2) is 0 Å². The standard InChI is InChI=1S/C19H32N2O3/c1-4-21(5-2)12-11-20-14-16-8-6-10-18(22-3)19(16)24-15-17-9-7-13-23-17/h6,8,10,17,20H,4-5,7,9,11-15H2,1-3H3. The molecule has 1 atom stereocenters. The number of hydrogen-bond acceptors (Lipinski definition) is 5. The van der Waals surface area contributed by atoms with Gasteiger partial charge >= 0.3 is 0 Å². The van der Waals surface area contributed by atoms with Crippen molar-refractivity contribution in [2.24, 2.45) is 0 Å². The normalized spacial score (nSPS) is 17.4. The van der Waals surface area contributed by atoms with Gasteiger partial charge in [-0.3, -0.25) is 0 Å². The molecule has 1 unspecified atom stereocenters. The van der Waals surface area contributed by atoms with Gasteiger partial charge in [0.1, 0.15) is 6.61 Å². The number of ether oxygens (including phenoxy) is 3. The highest BCUT2D eigenvalue weighted by Crippen LogP contribution is 2.31. The van der Waals surface area contributed by atoms with Crippen LogP contribution in [0, 0.1) is 0 Å². The first kappa shape index (κ1) is 19.0. The van der Waals surface area contributed by atoms with Gasteiger partial charge in [0.05, 0.1) is 13.2 Å². The number of para-hydroxylation sites is 1. The average molecular weight is 336 g/mol. The van der Waals surface area contributed by atoms with E-state index >= 15 is 0 Å². The lowest BCUT2D eigenvalue weighted by Crippen LogP contribution is -2.31. The van der Waals surface area contributed by atoms with E-state index in [1.54, 1.807) is 7.11 Å². The van der Waals surface area contributed by atoms with Crippen LogP contribution in [0.25, 0.3) is 0 Å². The largest absolute Gasteiger partial charge is 0.493 e. The first-order valence-electron chi connectivity index (χ1n) is 9.11. The molecule has 0 amide bonds. The van der Waals surface area contributed by atoms with Crippen molar-refractivity contribution in [1.82, 2.24) is 10.2 Å². The predicted molar refractivity (Wildman–Crippen MR) is 97.0 cm³/mol. The van der Waals surface area contributed by atoms with E-state index in [2.05, 4.69) is 30.1 Å². The highest BCUT2D eigenvalue weighted by atomic mass is 16.5. The minimum Gasteiger partial charge on any atom is -0.493 e. The molecule has 0 spiro atoms. The Morgan fingerprint density at radius 2 is 2.12 bits per heavy atom. The Hall–Kier alpha value is -1.30. The number of likely N-dealkylation sites (N-methyl/N-ethyl adjacent to an activating group) is 1. The molecular formula is C19H32N2O3. The van der Waals surface area contributed by atoms with Crippen LogP contribution in [-0.2, 0) is 11.3 Å². The molecule has 1 heterocycles. The molecule has 1 aliphatic heterocycles. The maximum absolute atomic E-state index is 6.06. The van der Waals surface area contributed by atoms with Crippen molar-refractivity contribution in [2.75, 3.05) is 46.5 Å². The van der Waals surface area contributed by atoms with Crippen molar-refractivity contribution in [1.29, 1.82) is 0 Å². The minimum atomic E-state index is 0.207. The number of methoxy groups -OCH3 is 1. The second-order valence-electron chi connectivity index (χ2n) is 6.10. The Bertz CT molecular complexity index is 472. The van der Waals surface area contributed by atoms with Gasteiger partial charge in [-0.2, -0.15) is 0 Å². The zero-order valence-corrected chi connectivity index (χ0v) is 15.3. The van der Waals surface area contributed by atoms with E-state index < -0.39 is 0 Å². The summed E-state index contributed by atoms with van der Waals surface area (Å²) in [6, 6.07) is 6.06. The molecule has 2 rings (SSSR count). The fourth-order valence-electron chi connectivity index (χ4n) is 2.98. The summed E-state index contributed by atoms with van der Waals surface area (Å²) in [4.78, 5) is 2.41. The van der Waals surface area contributed by atoms with Gasteiger partial charge in [0.2, 0.25) is 0 Å². The van der Waals surface area contributed by atoms with Gasteiger partial charge in [-0.05, 0) is 32.0 Å². The third-order valence-electron chi connectivity index (χ3n) is 4.53. The summed E-state index contributed by atoms with van der Waals surface area (Å²) in [6.45, 7) is 10.8. The van der Waals surface area contributed by atoms with Crippen molar-refractivity contribution in [3.05, 3.63) is 23.8 Å². The van der Waals surface area contributed by atoms with Crippen molar-refractivity contribution in [2.45, 2.75) is 39.3 Å². The molecule has 1 aromatic carbocycles. The molecular weight excluding hydrogens is 304 g/mol. The summed E-state index contributed by atoms with van der Waals surface area (Å²) in [5, 5.41) is 3.51. The molecule has 1 aromatic rings. The van der Waals surface area contributed by atoms with Crippen LogP contribution in [0.5, 0.6) is 11.5 Å². The molecule has 24 heavy (non-hydrogen) atoms. The fraction of sp³-hybridized carbons (Fsp3) is 0.684. The van der Waals surface area contributed by atoms with Crippen LogP contribution in [0.3, 0.4) is 0 Å². The molecule has 0 radical (unpaired) electrons. The van der Waals surface area contributed by atoms with E-state index in [0.29, 0.717) is 6.61 Å². The van der Waals surface area contributed by atoms with E-state index in [-0.39, 0.29) is 6.10 Å². The molecule has 0 aliphatic carbocycles. The topological polar surface area (TPSA) is 43.0 Å². The Morgan fingerprint density at radius 1 is 1.29 bits per heavy atom. The van der Waals surface area contributed by atoms with Crippen LogP contribution in [0.15, 0.2) is 18.2 Å². The summed E-state index contributed by atoms with van der Waals surface area (Å²) in [6.07, 6.45) is 2.41. The fourth-order valence-corrected chi connectivity index (χ4v) is 2.98. The molecule has 1 N–H and O–H groups in total. The van der Waals surface area contributed by atoms with Gasteiger partial charge < -0.3 is 24.4 Å². The Balaban J connectivity index is 1.89. The maximum Gasteiger partial charge on any atom is 0.165 e. The molecule has 0 aromatic heterocycles. The third-order valence-corrected chi connectivity index (χ3v) is 4.53. The summed E-state index contributed by atoms with van der Waals surface area (Å²) in [7, 11) is 1.69. The SMILES string of the molecule is CCN(CC)CCNCc1cccc(OC)c1OCC1CCCO1. The van der Waals surface area contributed by atoms with Gasteiger partial charge in [-0.1, -0.05) is 26.0 Å². The zero-order valence-electron chi connectivity index (χ0n) is 15.3. The monoisotopic (exact) mass is 336 g/mol. The van der Waals surface area contributed by atoms with Crippen LogP contribution in [-0.4, -0.2) is 57.5 Å². The van der Waals surface area contributed by atoms with Crippen molar-refractivity contribution >= 4 is 0 Å². The quantitative estimate of drug-likeness (QED) is 0.629. The van der Waals surface area contributed by atoms with Gasteiger partial charge in [0, 0.05) is 31.8 Å². The van der Waals surface area contributed by atoms with Crippen LogP contribution >= 0.6 is 0 Å². The van der Waals surface area contributed by atoms with Crippen LogP contribution in [0.1, 0.15) is 32.3 Å². The molecule has 1 fully saturated rings. The van der Waals surface area contributed by atoms with Crippen molar-refractivity contribution in [3.8, 4) is 11.5 Å². The zero-order chi connectivity index (χ0) is 17.2. The lowest BCUT2D eigenvalue weighted by atomic mass is 10.1. The molecule has 1 saturated heterocycles. The van der Waals surface area contributed by atoms with Crippen molar-refractivity contribution < 1.29 is 14.2 Å². The number of benzene rings is 1. The third kappa shape index (κ3) is 5.65. The minimum absolute atomic E-state index is 0.207. The lowest BCUT2D eigenvalue weighted by Gasteiger charge is -2.19. The van der Waals surface area contributed by atoms with E-state index in [0.717, 1.165) is 69.2 Å². The smallest absolute Gasteiger partial charge is 0.165 e. The number of nitrogens with one attached hydrogen (secondary N) is 1. The second-order valence-corrected chi connectivity index (χ2v) is 6.10. The first-order valence-corrected chi connectivity index (χ1v) is 9.11. The van der Waals surface area contributed by atoms with Gasteiger partial charge in [0.25, 0.3) is 0 Å². The number of rotatable bonds is 11. The average Bonchev–Trinajstić information content (AvgIpc) is 3.13. The molecule has 0 bridgehead atoms. The van der Waals surface area contributed by atoms with Crippen LogP contribution in [0.4, 0.5) is 0 Å². The molecule has 0 saturated carbocycles. The Morgan fingerprint density at radius 3 is 2.79 bits per heavy atom. The number of nitrogens with zero attached hydrogens (tertiary/aromatic N) is 1. The van der Waals surface area contributed by atoms with E-state index in [1.807, 2.05) is 12.1 Å². The number of hydrogen-bond donors (Lipinski definition) is 1. The summed E-state index contributed by atoms with van der Waals surface area (Å²) < 4.78 is 17.2. The Labute approximate surface area is 146 Å². The molecule has 1 aliphatic rings. The summed E-state index contributed by atoms with van der Waals surface area (Å²) in [5.41, 5.74) is 1.13. The maximum atomic E-state index is 6.06. The highest BCUT2D eigenvalue weighted by molar-refractivity contribution is 5.46. The van der Waals surface area contributed by atoms with Gasteiger partial charge in [0.15, 0.2) is 11.5 Å². The summed E-state index contributed by atoms with van der Waals surface area (Å²) in [5.74, 6) is 1.63. The van der Waals surface area contributed by atoms with E-state index in [4.69, 9.17) is 14.2 Å². The van der Waals surface area contributed by atoms with Gasteiger partial charge in [-0.15, -0.1) is 0 Å². The van der Waals surface area contributed by atoms with E-state index in [1.165, 1.54) is 0 Å². The van der Waals surface area contributed by atoms with Crippen LogP contribution < -0.4 is 14.8 Å². The Kier molecular flexibility index (Phi) is 8.36. The lowest BCUT2D eigenvalue weighted by molar-refractivity contribution is 0.0666. The van der Waals surface area contributed by atoms with Crippen LogP contribution in [0.2, 0.25) is 0 Å².